The molecule has 31 heavy (non-hydrogen) atoms. The molecule has 3 aromatic rings. The van der Waals surface area contributed by atoms with Crippen LogP contribution >= 0.6 is 27.7 Å². The Kier molecular flexibility index (Phi) is 6.53. The minimum Gasteiger partial charge on any atom is -0.325 e. The molecule has 1 saturated heterocycles. The molecular formula is C24H20BrN3O2S. The van der Waals surface area contributed by atoms with E-state index in [0.29, 0.717) is 10.9 Å². The average Bonchev–Trinajstić information content (AvgIpc) is 3.06. The van der Waals surface area contributed by atoms with Crippen LogP contribution in [-0.4, -0.2) is 22.2 Å². The van der Waals surface area contributed by atoms with Gasteiger partial charge in [-0.25, -0.2) is 4.99 Å². The van der Waals surface area contributed by atoms with Crippen molar-refractivity contribution in [3.63, 3.8) is 0 Å². The standard InChI is InChI=1S/C24H20BrN3O2S/c1-16-12-13-20(19(25)14-16)27-22(29)15-21-23(30)28(18-10-6-3-7-11-18)24(31-21)26-17-8-4-2-5-9-17/h2-14,21H,15H2,1H3,(H,27,29)/t21-/m1/s1. The molecule has 1 N–H and O–H groups in total. The average molecular weight is 494 g/mol. The van der Waals surface area contributed by atoms with Gasteiger partial charge >= 0.3 is 0 Å². The molecule has 4 rings (SSSR count). The van der Waals surface area contributed by atoms with Crippen LogP contribution in [0.4, 0.5) is 17.1 Å². The van der Waals surface area contributed by atoms with E-state index in [1.807, 2.05) is 85.8 Å². The number of hydrogen-bond acceptors (Lipinski definition) is 4. The number of rotatable bonds is 5. The number of benzene rings is 3. The molecule has 2 amide bonds. The van der Waals surface area contributed by atoms with Gasteiger partial charge in [-0.2, -0.15) is 0 Å². The predicted octanol–water partition coefficient (Wildman–Crippen LogP) is 5.92. The summed E-state index contributed by atoms with van der Waals surface area (Å²) in [5.41, 5.74) is 3.27. The van der Waals surface area contributed by atoms with Crippen molar-refractivity contribution in [1.82, 2.24) is 0 Å². The summed E-state index contributed by atoms with van der Waals surface area (Å²) in [6, 6.07) is 24.6. The molecule has 0 unspecified atom stereocenters. The highest BCUT2D eigenvalue weighted by Crippen LogP contribution is 2.35. The van der Waals surface area contributed by atoms with Crippen molar-refractivity contribution in [3.05, 3.63) is 88.9 Å². The van der Waals surface area contributed by atoms with E-state index in [4.69, 9.17) is 0 Å². The topological polar surface area (TPSA) is 61.8 Å². The summed E-state index contributed by atoms with van der Waals surface area (Å²) in [5, 5.41) is 2.91. The van der Waals surface area contributed by atoms with Crippen molar-refractivity contribution >= 4 is 61.7 Å². The van der Waals surface area contributed by atoms with Gasteiger partial charge in [0.05, 0.1) is 17.1 Å². The summed E-state index contributed by atoms with van der Waals surface area (Å²) in [5.74, 6) is -0.367. The summed E-state index contributed by atoms with van der Waals surface area (Å²) in [7, 11) is 0. The molecule has 1 aliphatic heterocycles. The predicted molar refractivity (Wildman–Crippen MR) is 131 cm³/mol. The Hall–Kier alpha value is -2.90. The van der Waals surface area contributed by atoms with Crippen LogP contribution in [0.3, 0.4) is 0 Å². The van der Waals surface area contributed by atoms with Gasteiger partial charge in [0.2, 0.25) is 11.8 Å². The van der Waals surface area contributed by atoms with Gasteiger partial charge in [0.15, 0.2) is 5.17 Å². The van der Waals surface area contributed by atoms with E-state index in [1.54, 1.807) is 4.90 Å². The highest BCUT2D eigenvalue weighted by molar-refractivity contribution is 9.10. The number of amides is 2. The SMILES string of the molecule is Cc1ccc(NC(=O)C[C@H]2SC(=Nc3ccccc3)N(c3ccccc3)C2=O)c(Br)c1. The van der Waals surface area contributed by atoms with Crippen LogP contribution in [0.1, 0.15) is 12.0 Å². The van der Waals surface area contributed by atoms with Crippen molar-refractivity contribution < 1.29 is 9.59 Å². The number of carbonyl (C=O) groups excluding carboxylic acids is 2. The van der Waals surface area contributed by atoms with Gasteiger partial charge in [0.1, 0.15) is 5.25 Å². The Morgan fingerprint density at radius 1 is 1.06 bits per heavy atom. The largest absolute Gasteiger partial charge is 0.325 e. The summed E-state index contributed by atoms with van der Waals surface area (Å²) in [6.45, 7) is 1.98. The normalized spacial score (nSPS) is 17.2. The fourth-order valence-corrected chi connectivity index (χ4v) is 4.94. The number of nitrogens with one attached hydrogen (secondary N) is 1. The molecule has 156 valence electrons. The fraction of sp³-hybridized carbons (Fsp3) is 0.125. The van der Waals surface area contributed by atoms with Gasteiger partial charge in [0.25, 0.3) is 0 Å². The molecule has 0 spiro atoms. The molecular weight excluding hydrogens is 474 g/mol. The number of halogens is 1. The van der Waals surface area contributed by atoms with Crippen molar-refractivity contribution in [1.29, 1.82) is 0 Å². The van der Waals surface area contributed by atoms with E-state index in [2.05, 4.69) is 26.2 Å². The minimum atomic E-state index is -0.549. The van der Waals surface area contributed by atoms with Crippen LogP contribution in [0.2, 0.25) is 0 Å². The number of nitrogens with zero attached hydrogens (tertiary/aromatic N) is 2. The lowest BCUT2D eigenvalue weighted by atomic mass is 10.2. The third kappa shape index (κ3) is 5.06. The quantitative estimate of drug-likeness (QED) is 0.479. The van der Waals surface area contributed by atoms with E-state index < -0.39 is 5.25 Å². The first-order valence-electron chi connectivity index (χ1n) is 9.76. The smallest absolute Gasteiger partial charge is 0.247 e. The maximum Gasteiger partial charge on any atom is 0.247 e. The maximum absolute atomic E-state index is 13.2. The van der Waals surface area contributed by atoms with E-state index in [-0.39, 0.29) is 18.2 Å². The summed E-state index contributed by atoms with van der Waals surface area (Å²) < 4.78 is 0.809. The van der Waals surface area contributed by atoms with Crippen LogP contribution in [-0.2, 0) is 9.59 Å². The number of amidine groups is 1. The Bertz CT molecular complexity index is 1140. The number of anilines is 2. The van der Waals surface area contributed by atoms with Gasteiger partial charge < -0.3 is 5.32 Å². The highest BCUT2D eigenvalue weighted by atomic mass is 79.9. The maximum atomic E-state index is 13.2. The molecule has 7 heteroatoms. The Balaban J connectivity index is 1.56. The number of hydrogen-bond donors (Lipinski definition) is 1. The first-order valence-corrected chi connectivity index (χ1v) is 11.4. The molecule has 1 fully saturated rings. The molecule has 0 aromatic heterocycles. The monoisotopic (exact) mass is 493 g/mol. The Morgan fingerprint density at radius 2 is 1.74 bits per heavy atom. The second kappa shape index (κ2) is 9.49. The van der Waals surface area contributed by atoms with E-state index in [0.717, 1.165) is 21.4 Å². The van der Waals surface area contributed by atoms with Gasteiger partial charge in [-0.05, 0) is 64.8 Å². The van der Waals surface area contributed by atoms with Gasteiger partial charge in [-0.3, -0.25) is 14.5 Å². The van der Waals surface area contributed by atoms with Crippen LogP contribution in [0.15, 0.2) is 88.3 Å². The van der Waals surface area contributed by atoms with E-state index >= 15 is 0 Å². The number of carbonyl (C=O) groups is 2. The van der Waals surface area contributed by atoms with Gasteiger partial charge in [-0.15, -0.1) is 0 Å². The second-order valence-corrected chi connectivity index (χ2v) is 9.11. The molecule has 0 saturated carbocycles. The molecule has 1 heterocycles. The number of aliphatic imine (C=N–C) groups is 1. The zero-order chi connectivity index (χ0) is 21.8. The van der Waals surface area contributed by atoms with Crippen LogP contribution in [0, 0.1) is 6.92 Å². The fourth-order valence-electron chi connectivity index (χ4n) is 3.19. The highest BCUT2D eigenvalue weighted by Gasteiger charge is 2.40. The van der Waals surface area contributed by atoms with Crippen molar-refractivity contribution in [2.24, 2.45) is 4.99 Å². The number of aryl methyl sites for hydroxylation is 1. The van der Waals surface area contributed by atoms with Crippen molar-refractivity contribution in [2.45, 2.75) is 18.6 Å². The lowest BCUT2D eigenvalue weighted by Gasteiger charge is -2.16. The van der Waals surface area contributed by atoms with Crippen molar-refractivity contribution in [2.75, 3.05) is 10.2 Å². The molecule has 1 atom stereocenters. The molecule has 0 radical (unpaired) electrons. The first kappa shape index (κ1) is 21.3. The van der Waals surface area contributed by atoms with Gasteiger partial charge in [0, 0.05) is 10.9 Å². The molecule has 5 nitrogen and oxygen atoms in total. The number of thioether (sulfide) groups is 1. The van der Waals surface area contributed by atoms with Crippen molar-refractivity contribution in [3.8, 4) is 0 Å². The lowest BCUT2D eigenvalue weighted by molar-refractivity contribution is -0.121. The van der Waals surface area contributed by atoms with Crippen LogP contribution in [0.5, 0.6) is 0 Å². The Labute approximate surface area is 193 Å². The molecule has 0 bridgehead atoms. The summed E-state index contributed by atoms with van der Waals surface area (Å²) in [6.07, 6.45) is 0.0565. The molecule has 1 aliphatic rings. The summed E-state index contributed by atoms with van der Waals surface area (Å²) >= 11 is 4.79. The number of para-hydroxylation sites is 2. The van der Waals surface area contributed by atoms with Crippen LogP contribution in [0.25, 0.3) is 0 Å². The molecule has 0 aliphatic carbocycles. The molecule has 3 aromatic carbocycles. The van der Waals surface area contributed by atoms with Crippen LogP contribution < -0.4 is 10.2 Å². The third-order valence-electron chi connectivity index (χ3n) is 4.70. The third-order valence-corrected chi connectivity index (χ3v) is 6.49. The zero-order valence-electron chi connectivity index (χ0n) is 16.8. The van der Waals surface area contributed by atoms with Gasteiger partial charge in [-0.1, -0.05) is 54.2 Å². The minimum absolute atomic E-state index is 0.0565. The van der Waals surface area contributed by atoms with E-state index in [1.165, 1.54) is 11.8 Å². The first-order chi connectivity index (χ1) is 15.0. The summed E-state index contributed by atoms with van der Waals surface area (Å²) in [4.78, 5) is 32.2. The lowest BCUT2D eigenvalue weighted by Crippen LogP contribution is -2.33. The second-order valence-electron chi connectivity index (χ2n) is 7.08. The van der Waals surface area contributed by atoms with E-state index in [9.17, 15) is 9.59 Å². The zero-order valence-corrected chi connectivity index (χ0v) is 19.2. The Morgan fingerprint density at radius 3 is 2.42 bits per heavy atom.